The summed E-state index contributed by atoms with van der Waals surface area (Å²) >= 11 is 0. The summed E-state index contributed by atoms with van der Waals surface area (Å²) in [7, 11) is 0. The maximum atomic E-state index is 6.44. The fourth-order valence-corrected chi connectivity index (χ4v) is 5.65. The van der Waals surface area contributed by atoms with Crippen molar-refractivity contribution in [2.45, 2.75) is 69.2 Å². The normalized spacial score (nSPS) is 30.0. The van der Waals surface area contributed by atoms with Crippen LogP contribution >= 0.6 is 0 Å². The second-order valence-corrected chi connectivity index (χ2v) is 8.41. The zero-order valence-corrected chi connectivity index (χ0v) is 15.6. The molecule has 26 heavy (non-hydrogen) atoms. The van der Waals surface area contributed by atoms with E-state index in [1.165, 1.54) is 68.2 Å². The van der Waals surface area contributed by atoms with Crippen molar-refractivity contribution in [1.29, 1.82) is 0 Å². The summed E-state index contributed by atoms with van der Waals surface area (Å²) in [6.45, 7) is 2.08. The molecular weight excluding hydrogens is 318 g/mol. The highest BCUT2D eigenvalue weighted by Gasteiger charge is 2.52. The first-order valence-corrected chi connectivity index (χ1v) is 10.4. The van der Waals surface area contributed by atoms with Gasteiger partial charge in [0.05, 0.1) is 12.2 Å². The summed E-state index contributed by atoms with van der Waals surface area (Å²) in [5, 5.41) is 0. The van der Waals surface area contributed by atoms with Crippen LogP contribution in [-0.2, 0) is 23.4 Å². The van der Waals surface area contributed by atoms with E-state index in [0.717, 1.165) is 18.7 Å². The lowest BCUT2D eigenvalue weighted by molar-refractivity contribution is -0.100. The first-order valence-electron chi connectivity index (χ1n) is 10.4. The van der Waals surface area contributed by atoms with E-state index in [0.29, 0.717) is 0 Å². The summed E-state index contributed by atoms with van der Waals surface area (Å²) in [5.74, 6) is 0. The average molecular weight is 348 g/mol. The Bertz CT molecular complexity index is 742. The fourth-order valence-electron chi connectivity index (χ4n) is 5.65. The largest absolute Gasteiger partial charge is 0.365 e. The quantitative estimate of drug-likeness (QED) is 0.701. The smallest absolute Gasteiger partial charge is 0.0969 e. The standard InChI is InChI=1S/C24H29NO/c1-2-8-19(9-3-1)10-6-7-15-25-21-13-14-22(25)17-24(16-21)23-12-5-4-11-20(23)18-26-24/h1-5,8-9,11-12,21-22H,6-7,10,13-18H2. The lowest BCUT2D eigenvalue weighted by Crippen LogP contribution is -2.49. The van der Waals surface area contributed by atoms with Crippen LogP contribution in [0.4, 0.5) is 0 Å². The monoisotopic (exact) mass is 347 g/mol. The van der Waals surface area contributed by atoms with Crippen molar-refractivity contribution in [3.05, 3.63) is 71.3 Å². The number of hydrogen-bond acceptors (Lipinski definition) is 2. The van der Waals surface area contributed by atoms with Crippen LogP contribution in [0.25, 0.3) is 0 Å². The molecule has 0 N–H and O–H groups in total. The molecule has 0 radical (unpaired) electrons. The molecular formula is C24H29NO. The van der Waals surface area contributed by atoms with Gasteiger partial charge in [-0.05, 0) is 68.2 Å². The number of aryl methyl sites for hydroxylation is 1. The molecule has 5 rings (SSSR count). The number of benzene rings is 2. The van der Waals surface area contributed by atoms with Crippen LogP contribution in [0.1, 0.15) is 55.2 Å². The lowest BCUT2D eigenvalue weighted by atomic mass is 9.80. The first kappa shape index (κ1) is 16.5. The van der Waals surface area contributed by atoms with Gasteiger partial charge in [0.1, 0.15) is 0 Å². The van der Waals surface area contributed by atoms with Gasteiger partial charge in [0.25, 0.3) is 0 Å². The first-order chi connectivity index (χ1) is 12.8. The maximum absolute atomic E-state index is 6.44. The van der Waals surface area contributed by atoms with E-state index in [9.17, 15) is 0 Å². The van der Waals surface area contributed by atoms with Crippen LogP contribution in [0.15, 0.2) is 54.6 Å². The molecule has 2 saturated heterocycles. The number of nitrogens with zero attached hydrogens (tertiary/aromatic N) is 1. The van der Waals surface area contributed by atoms with Crippen LogP contribution in [0.2, 0.25) is 0 Å². The molecule has 2 heteroatoms. The maximum Gasteiger partial charge on any atom is 0.0969 e. The molecule has 0 saturated carbocycles. The summed E-state index contributed by atoms with van der Waals surface area (Å²) in [4.78, 5) is 2.82. The van der Waals surface area contributed by atoms with Gasteiger partial charge in [0, 0.05) is 12.1 Å². The van der Waals surface area contributed by atoms with Crippen molar-refractivity contribution < 1.29 is 4.74 Å². The molecule has 3 heterocycles. The van der Waals surface area contributed by atoms with Gasteiger partial charge in [0.15, 0.2) is 0 Å². The Labute approximate surface area is 157 Å². The molecule has 2 unspecified atom stereocenters. The summed E-state index contributed by atoms with van der Waals surface area (Å²) in [5.41, 5.74) is 4.40. The predicted molar refractivity (Wildman–Crippen MR) is 105 cm³/mol. The lowest BCUT2D eigenvalue weighted by Gasteiger charge is -2.44. The topological polar surface area (TPSA) is 12.5 Å². The van der Waals surface area contributed by atoms with E-state index in [-0.39, 0.29) is 5.60 Å². The molecule has 2 aromatic carbocycles. The Morgan fingerprint density at radius 1 is 0.885 bits per heavy atom. The van der Waals surface area contributed by atoms with Crippen molar-refractivity contribution in [3.63, 3.8) is 0 Å². The highest BCUT2D eigenvalue weighted by atomic mass is 16.5. The highest BCUT2D eigenvalue weighted by Crippen LogP contribution is 2.51. The number of fused-ring (bicyclic) bond motifs is 4. The van der Waals surface area contributed by atoms with Crippen LogP contribution in [-0.4, -0.2) is 23.5 Å². The molecule has 2 aromatic rings. The van der Waals surface area contributed by atoms with E-state index in [1.54, 1.807) is 0 Å². The van der Waals surface area contributed by atoms with Crippen LogP contribution in [0.3, 0.4) is 0 Å². The van der Waals surface area contributed by atoms with Gasteiger partial charge >= 0.3 is 0 Å². The van der Waals surface area contributed by atoms with Gasteiger partial charge in [0.2, 0.25) is 0 Å². The molecule has 1 spiro atoms. The molecule has 0 aromatic heterocycles. The van der Waals surface area contributed by atoms with Crippen molar-refractivity contribution in [2.24, 2.45) is 0 Å². The Morgan fingerprint density at radius 3 is 2.42 bits per heavy atom. The zero-order chi connectivity index (χ0) is 17.4. The number of ether oxygens (including phenoxy) is 1. The molecule has 3 aliphatic rings. The second-order valence-electron chi connectivity index (χ2n) is 8.41. The van der Waals surface area contributed by atoms with Gasteiger partial charge in [-0.15, -0.1) is 0 Å². The minimum Gasteiger partial charge on any atom is -0.365 e. The molecule has 2 bridgehead atoms. The highest BCUT2D eigenvalue weighted by molar-refractivity contribution is 5.36. The number of unbranched alkanes of at least 4 members (excludes halogenated alkanes) is 1. The molecule has 136 valence electrons. The zero-order valence-electron chi connectivity index (χ0n) is 15.6. The minimum absolute atomic E-state index is 0.0168. The van der Waals surface area contributed by atoms with E-state index >= 15 is 0 Å². The average Bonchev–Trinajstić information content (AvgIpc) is 3.15. The van der Waals surface area contributed by atoms with E-state index in [2.05, 4.69) is 59.5 Å². The summed E-state index contributed by atoms with van der Waals surface area (Å²) in [6.07, 6.45) is 8.92. The Morgan fingerprint density at radius 2 is 1.62 bits per heavy atom. The van der Waals surface area contributed by atoms with Crippen molar-refractivity contribution in [3.8, 4) is 0 Å². The van der Waals surface area contributed by atoms with Crippen LogP contribution in [0, 0.1) is 0 Å². The molecule has 2 fully saturated rings. The van der Waals surface area contributed by atoms with E-state index < -0.39 is 0 Å². The van der Waals surface area contributed by atoms with E-state index in [1.807, 2.05) is 0 Å². The number of rotatable bonds is 5. The summed E-state index contributed by atoms with van der Waals surface area (Å²) < 4.78 is 6.44. The molecule has 2 atom stereocenters. The Balaban J connectivity index is 1.21. The molecule has 3 aliphatic heterocycles. The third-order valence-electron chi connectivity index (χ3n) is 6.89. The predicted octanol–water partition coefficient (Wildman–Crippen LogP) is 5.06. The number of piperidine rings is 1. The molecule has 2 nitrogen and oxygen atoms in total. The third kappa shape index (κ3) is 2.90. The Kier molecular flexibility index (Phi) is 4.34. The third-order valence-corrected chi connectivity index (χ3v) is 6.89. The molecule has 0 aliphatic carbocycles. The van der Waals surface area contributed by atoms with Crippen LogP contribution in [0.5, 0.6) is 0 Å². The van der Waals surface area contributed by atoms with Gasteiger partial charge in [-0.1, -0.05) is 54.6 Å². The summed E-state index contributed by atoms with van der Waals surface area (Å²) in [6, 6.07) is 21.3. The SMILES string of the molecule is c1ccc(CCCCN2C3CCC2CC2(C3)OCc3ccccc32)cc1. The van der Waals surface area contributed by atoms with Crippen molar-refractivity contribution >= 4 is 0 Å². The van der Waals surface area contributed by atoms with Crippen molar-refractivity contribution in [2.75, 3.05) is 6.54 Å². The van der Waals surface area contributed by atoms with Gasteiger partial charge < -0.3 is 4.74 Å². The fraction of sp³-hybridized carbons (Fsp3) is 0.500. The minimum atomic E-state index is 0.0168. The van der Waals surface area contributed by atoms with Gasteiger partial charge in [-0.2, -0.15) is 0 Å². The van der Waals surface area contributed by atoms with Gasteiger partial charge in [-0.3, -0.25) is 4.90 Å². The van der Waals surface area contributed by atoms with Crippen molar-refractivity contribution in [1.82, 2.24) is 4.90 Å². The second kappa shape index (κ2) is 6.83. The van der Waals surface area contributed by atoms with E-state index in [4.69, 9.17) is 4.74 Å². The Hall–Kier alpha value is -1.64. The number of hydrogen-bond donors (Lipinski definition) is 0. The molecule has 0 amide bonds. The van der Waals surface area contributed by atoms with Crippen LogP contribution < -0.4 is 0 Å². The van der Waals surface area contributed by atoms with Gasteiger partial charge in [-0.25, -0.2) is 0 Å².